The monoisotopic (exact) mass is 249 g/mol. The van der Waals surface area contributed by atoms with Crippen molar-refractivity contribution in [3.8, 4) is 0 Å². The maximum atomic E-state index is 6.53. The van der Waals surface area contributed by atoms with Crippen molar-refractivity contribution in [3.05, 3.63) is 17.5 Å². The first-order valence-electron chi connectivity index (χ1n) is 7.29. The van der Waals surface area contributed by atoms with Gasteiger partial charge < -0.3 is 5.73 Å². The summed E-state index contributed by atoms with van der Waals surface area (Å²) < 4.78 is 1.91. The molecule has 0 bridgehead atoms. The van der Waals surface area contributed by atoms with E-state index in [0.29, 0.717) is 5.92 Å². The maximum Gasteiger partial charge on any atom is 0.0669 e. The average molecular weight is 249 g/mol. The third kappa shape index (κ3) is 2.77. The molecule has 0 spiro atoms. The summed E-state index contributed by atoms with van der Waals surface area (Å²) in [7, 11) is 1.99. The molecule has 0 aromatic carbocycles. The molecule has 0 saturated heterocycles. The van der Waals surface area contributed by atoms with E-state index in [1.54, 1.807) is 0 Å². The molecule has 1 saturated carbocycles. The highest BCUT2D eigenvalue weighted by molar-refractivity contribution is 5.22. The molecule has 1 fully saturated rings. The molecule has 1 heterocycles. The maximum absolute atomic E-state index is 6.53. The average Bonchev–Trinajstić information content (AvgIpc) is 2.68. The van der Waals surface area contributed by atoms with Crippen LogP contribution < -0.4 is 5.73 Å². The summed E-state index contributed by atoms with van der Waals surface area (Å²) in [6.07, 6.45) is 6.99. The first-order valence-corrected chi connectivity index (χ1v) is 7.29. The fourth-order valence-corrected chi connectivity index (χ4v) is 3.66. The van der Waals surface area contributed by atoms with E-state index in [1.165, 1.54) is 30.5 Å². The van der Waals surface area contributed by atoms with Crippen LogP contribution in [0.15, 0.2) is 6.20 Å². The molecule has 3 heteroatoms. The lowest BCUT2D eigenvalue weighted by Crippen LogP contribution is -2.29. The van der Waals surface area contributed by atoms with Crippen LogP contribution in [0.2, 0.25) is 0 Å². The predicted octanol–water partition coefficient (Wildman–Crippen LogP) is 3.05. The molecule has 0 radical (unpaired) electrons. The standard InChI is InChI=1S/C15H27N3/c1-5-14-13(9-18(4)17-14)15(16)12-7-10(2)6-11(3)8-12/h9-12,15H,5-8,16H2,1-4H3. The molecule has 18 heavy (non-hydrogen) atoms. The fraction of sp³-hybridized carbons (Fsp3) is 0.800. The quantitative estimate of drug-likeness (QED) is 0.894. The molecule has 1 aromatic rings. The van der Waals surface area contributed by atoms with E-state index in [2.05, 4.69) is 32.1 Å². The van der Waals surface area contributed by atoms with Crippen molar-refractivity contribution >= 4 is 0 Å². The summed E-state index contributed by atoms with van der Waals surface area (Å²) in [5.74, 6) is 2.25. The third-order valence-electron chi connectivity index (χ3n) is 4.35. The third-order valence-corrected chi connectivity index (χ3v) is 4.35. The number of rotatable bonds is 3. The van der Waals surface area contributed by atoms with Crippen LogP contribution in [-0.4, -0.2) is 9.78 Å². The summed E-state index contributed by atoms with van der Waals surface area (Å²) in [4.78, 5) is 0. The van der Waals surface area contributed by atoms with Gasteiger partial charge in [-0.15, -0.1) is 0 Å². The largest absolute Gasteiger partial charge is 0.324 e. The highest BCUT2D eigenvalue weighted by Gasteiger charge is 2.30. The second-order valence-corrected chi connectivity index (χ2v) is 6.26. The topological polar surface area (TPSA) is 43.8 Å². The lowest BCUT2D eigenvalue weighted by Gasteiger charge is -2.35. The van der Waals surface area contributed by atoms with Gasteiger partial charge in [0.25, 0.3) is 0 Å². The Kier molecular flexibility index (Phi) is 4.10. The molecule has 1 aromatic heterocycles. The second kappa shape index (κ2) is 5.43. The van der Waals surface area contributed by atoms with Crippen LogP contribution in [0.1, 0.15) is 57.3 Å². The molecule has 1 aliphatic carbocycles. The Morgan fingerprint density at radius 1 is 1.33 bits per heavy atom. The first-order chi connectivity index (χ1) is 8.51. The van der Waals surface area contributed by atoms with Gasteiger partial charge in [0.2, 0.25) is 0 Å². The minimum absolute atomic E-state index is 0.166. The molecule has 102 valence electrons. The van der Waals surface area contributed by atoms with Crippen molar-refractivity contribution in [2.75, 3.05) is 0 Å². The van der Waals surface area contributed by atoms with Gasteiger partial charge in [0.1, 0.15) is 0 Å². The molecule has 2 N–H and O–H groups in total. The number of hydrogen-bond donors (Lipinski definition) is 1. The Bertz CT molecular complexity index is 386. The number of aryl methyl sites for hydroxylation is 2. The van der Waals surface area contributed by atoms with E-state index >= 15 is 0 Å². The normalized spacial score (nSPS) is 30.4. The van der Waals surface area contributed by atoms with Crippen molar-refractivity contribution in [2.45, 2.75) is 52.5 Å². The van der Waals surface area contributed by atoms with Crippen molar-refractivity contribution < 1.29 is 0 Å². The van der Waals surface area contributed by atoms with Crippen molar-refractivity contribution in [1.82, 2.24) is 9.78 Å². The zero-order valence-electron chi connectivity index (χ0n) is 12.2. The van der Waals surface area contributed by atoms with Crippen LogP contribution in [-0.2, 0) is 13.5 Å². The van der Waals surface area contributed by atoms with Crippen molar-refractivity contribution in [2.24, 2.45) is 30.5 Å². The molecule has 0 aliphatic heterocycles. The van der Waals surface area contributed by atoms with Crippen LogP contribution in [0, 0.1) is 17.8 Å². The van der Waals surface area contributed by atoms with Gasteiger partial charge in [-0.25, -0.2) is 0 Å². The molecule has 3 nitrogen and oxygen atoms in total. The van der Waals surface area contributed by atoms with Gasteiger partial charge in [0.05, 0.1) is 5.69 Å². The van der Waals surface area contributed by atoms with Crippen LogP contribution >= 0.6 is 0 Å². The summed E-state index contributed by atoms with van der Waals surface area (Å²) in [6.45, 7) is 6.88. The lowest BCUT2D eigenvalue weighted by molar-refractivity contribution is 0.193. The van der Waals surface area contributed by atoms with E-state index in [9.17, 15) is 0 Å². The van der Waals surface area contributed by atoms with Crippen molar-refractivity contribution in [1.29, 1.82) is 0 Å². The van der Waals surface area contributed by atoms with E-state index in [-0.39, 0.29) is 6.04 Å². The fourth-order valence-electron chi connectivity index (χ4n) is 3.66. The zero-order valence-corrected chi connectivity index (χ0v) is 12.2. The minimum atomic E-state index is 0.166. The Morgan fingerprint density at radius 2 is 1.94 bits per heavy atom. The van der Waals surface area contributed by atoms with E-state index in [0.717, 1.165) is 18.3 Å². The Morgan fingerprint density at radius 3 is 2.50 bits per heavy atom. The Balaban J connectivity index is 2.16. The smallest absolute Gasteiger partial charge is 0.0669 e. The van der Waals surface area contributed by atoms with Gasteiger partial charge in [-0.05, 0) is 43.4 Å². The van der Waals surface area contributed by atoms with Gasteiger partial charge in [0, 0.05) is 24.8 Å². The van der Waals surface area contributed by atoms with Crippen LogP contribution in [0.5, 0.6) is 0 Å². The zero-order chi connectivity index (χ0) is 13.3. The first kappa shape index (κ1) is 13.6. The number of nitrogens with two attached hydrogens (primary N) is 1. The summed E-state index contributed by atoms with van der Waals surface area (Å²) in [5, 5.41) is 4.52. The van der Waals surface area contributed by atoms with E-state index in [1.807, 2.05) is 11.7 Å². The molecular weight excluding hydrogens is 222 g/mol. The molecule has 3 unspecified atom stereocenters. The second-order valence-electron chi connectivity index (χ2n) is 6.26. The van der Waals surface area contributed by atoms with Gasteiger partial charge >= 0.3 is 0 Å². The molecule has 0 amide bonds. The van der Waals surface area contributed by atoms with Crippen LogP contribution in [0.3, 0.4) is 0 Å². The summed E-state index contributed by atoms with van der Waals surface area (Å²) in [5.41, 5.74) is 8.98. The van der Waals surface area contributed by atoms with Crippen LogP contribution in [0.4, 0.5) is 0 Å². The highest BCUT2D eigenvalue weighted by atomic mass is 15.3. The molecule has 2 rings (SSSR count). The van der Waals surface area contributed by atoms with Crippen molar-refractivity contribution in [3.63, 3.8) is 0 Å². The van der Waals surface area contributed by atoms with Gasteiger partial charge in [-0.2, -0.15) is 5.10 Å². The van der Waals surface area contributed by atoms with Gasteiger partial charge in [-0.1, -0.05) is 20.8 Å². The van der Waals surface area contributed by atoms with Gasteiger partial charge in [-0.3, -0.25) is 4.68 Å². The number of aromatic nitrogens is 2. The summed E-state index contributed by atoms with van der Waals surface area (Å²) in [6, 6.07) is 0.166. The Hall–Kier alpha value is -0.830. The molecular formula is C15H27N3. The predicted molar refractivity (Wildman–Crippen MR) is 75.2 cm³/mol. The van der Waals surface area contributed by atoms with E-state index in [4.69, 9.17) is 5.73 Å². The molecule has 1 aliphatic rings. The SMILES string of the molecule is CCc1nn(C)cc1C(N)C1CC(C)CC(C)C1. The highest BCUT2D eigenvalue weighted by Crippen LogP contribution is 2.39. The van der Waals surface area contributed by atoms with Gasteiger partial charge in [0.15, 0.2) is 0 Å². The summed E-state index contributed by atoms with van der Waals surface area (Å²) >= 11 is 0. The minimum Gasteiger partial charge on any atom is -0.324 e. The lowest BCUT2D eigenvalue weighted by atomic mass is 9.72. The number of nitrogens with zero attached hydrogens (tertiary/aromatic N) is 2. The molecule has 3 atom stereocenters. The van der Waals surface area contributed by atoms with Crippen LogP contribution in [0.25, 0.3) is 0 Å². The number of hydrogen-bond acceptors (Lipinski definition) is 2. The Labute approximate surface area is 111 Å². The van der Waals surface area contributed by atoms with E-state index < -0.39 is 0 Å².